The standard InChI is InChI=1S/C16H25ClN2O.2C4H4O4/c1-4-20-16-6-5-15(17)11-14(16)12-18-7-9-19(10-8-18)13(2)3;2*5-3(6)1-2-4(7)8/h5-6,11,13H,4,7-10,12H2,1-3H3;2*1-2H,(H,5,6)(H,7,8)/b;2*2-1+. The number of nitrogens with zero attached hydrogens (tertiary/aromatic N) is 2. The predicted octanol–water partition coefficient (Wildman–Crippen LogP) is 2.69. The number of piperazine rings is 1. The Balaban J connectivity index is 0.000000634. The number of carbonyl (C=O) groups is 4. The van der Waals surface area contributed by atoms with Crippen molar-refractivity contribution >= 4 is 35.5 Å². The Morgan fingerprint density at radius 2 is 1.33 bits per heavy atom. The summed E-state index contributed by atoms with van der Waals surface area (Å²) >= 11 is 6.12. The van der Waals surface area contributed by atoms with E-state index in [9.17, 15) is 19.2 Å². The molecule has 0 aromatic heterocycles. The van der Waals surface area contributed by atoms with Gasteiger partial charge in [-0.25, -0.2) is 19.2 Å². The van der Waals surface area contributed by atoms with Gasteiger partial charge in [0.15, 0.2) is 0 Å². The first-order valence-corrected chi connectivity index (χ1v) is 11.4. The van der Waals surface area contributed by atoms with Gasteiger partial charge in [-0.3, -0.25) is 9.80 Å². The van der Waals surface area contributed by atoms with E-state index >= 15 is 0 Å². The summed E-state index contributed by atoms with van der Waals surface area (Å²) in [6.45, 7) is 12.6. The van der Waals surface area contributed by atoms with Crippen molar-refractivity contribution in [3.8, 4) is 5.75 Å². The summed E-state index contributed by atoms with van der Waals surface area (Å²) < 4.78 is 5.70. The van der Waals surface area contributed by atoms with E-state index in [1.54, 1.807) is 0 Å². The average molecular weight is 529 g/mol. The molecule has 0 radical (unpaired) electrons. The number of aliphatic carboxylic acids is 4. The van der Waals surface area contributed by atoms with Crippen molar-refractivity contribution in [2.24, 2.45) is 0 Å². The molecule has 11 nitrogen and oxygen atoms in total. The highest BCUT2D eigenvalue weighted by Crippen LogP contribution is 2.25. The largest absolute Gasteiger partial charge is 0.494 e. The summed E-state index contributed by atoms with van der Waals surface area (Å²) in [7, 11) is 0. The fraction of sp³-hybridized carbons (Fsp3) is 0.417. The molecule has 1 aliphatic rings. The molecular weight excluding hydrogens is 496 g/mol. The first-order valence-electron chi connectivity index (χ1n) is 11.0. The van der Waals surface area contributed by atoms with E-state index in [1.807, 2.05) is 25.1 Å². The lowest BCUT2D eigenvalue weighted by molar-refractivity contribution is -0.134. The fourth-order valence-corrected chi connectivity index (χ4v) is 3.13. The van der Waals surface area contributed by atoms with Crippen LogP contribution in [0.1, 0.15) is 26.3 Å². The van der Waals surface area contributed by atoms with Gasteiger partial charge in [0.1, 0.15) is 5.75 Å². The summed E-state index contributed by atoms with van der Waals surface area (Å²) in [5.41, 5.74) is 1.19. The van der Waals surface area contributed by atoms with Gasteiger partial charge in [0.2, 0.25) is 0 Å². The number of halogens is 1. The molecule has 1 fully saturated rings. The van der Waals surface area contributed by atoms with Crippen molar-refractivity contribution in [1.29, 1.82) is 0 Å². The van der Waals surface area contributed by atoms with Gasteiger partial charge in [-0.1, -0.05) is 11.6 Å². The second-order valence-corrected chi connectivity index (χ2v) is 8.05. The Kier molecular flexibility index (Phi) is 16.2. The van der Waals surface area contributed by atoms with Crippen molar-refractivity contribution in [3.63, 3.8) is 0 Å². The van der Waals surface area contributed by atoms with Gasteiger partial charge in [0.05, 0.1) is 6.61 Å². The van der Waals surface area contributed by atoms with Gasteiger partial charge in [-0.2, -0.15) is 0 Å². The predicted molar refractivity (Wildman–Crippen MR) is 133 cm³/mol. The minimum absolute atomic E-state index is 0.558. The molecule has 0 atom stereocenters. The van der Waals surface area contributed by atoms with Crippen LogP contribution in [0.3, 0.4) is 0 Å². The second-order valence-electron chi connectivity index (χ2n) is 7.61. The van der Waals surface area contributed by atoms with Crippen LogP contribution in [-0.2, 0) is 25.7 Å². The summed E-state index contributed by atoms with van der Waals surface area (Å²) in [6, 6.07) is 6.54. The van der Waals surface area contributed by atoms with Crippen LogP contribution in [0.15, 0.2) is 42.5 Å². The van der Waals surface area contributed by atoms with Gasteiger partial charge in [0, 0.05) is 73.7 Å². The lowest BCUT2D eigenvalue weighted by Gasteiger charge is -2.37. The van der Waals surface area contributed by atoms with E-state index in [2.05, 4.69) is 23.6 Å². The zero-order chi connectivity index (χ0) is 27.7. The van der Waals surface area contributed by atoms with E-state index in [0.717, 1.165) is 43.5 Å². The van der Waals surface area contributed by atoms with Crippen LogP contribution in [0.4, 0.5) is 0 Å². The van der Waals surface area contributed by atoms with Crippen LogP contribution in [0.2, 0.25) is 5.02 Å². The third kappa shape index (κ3) is 16.3. The summed E-state index contributed by atoms with van der Waals surface area (Å²) in [5.74, 6) is -4.07. The average Bonchev–Trinajstić information content (AvgIpc) is 2.79. The third-order valence-corrected chi connectivity index (χ3v) is 4.83. The molecule has 1 heterocycles. The van der Waals surface area contributed by atoms with Gasteiger partial charge in [-0.15, -0.1) is 0 Å². The van der Waals surface area contributed by atoms with E-state index in [0.29, 0.717) is 37.0 Å². The Bertz CT molecular complexity index is 858. The SMILES string of the molecule is CCOc1ccc(Cl)cc1CN1CCN(C(C)C)CC1.O=C(O)/C=C/C(=O)O.O=C(O)/C=C/C(=O)O. The Morgan fingerprint density at radius 3 is 1.69 bits per heavy atom. The van der Waals surface area contributed by atoms with Crippen molar-refractivity contribution in [3.05, 3.63) is 53.1 Å². The molecule has 0 unspecified atom stereocenters. The lowest BCUT2D eigenvalue weighted by atomic mass is 10.1. The quantitative estimate of drug-likeness (QED) is 0.348. The minimum Gasteiger partial charge on any atom is -0.494 e. The van der Waals surface area contributed by atoms with Gasteiger partial charge in [0.25, 0.3) is 0 Å². The van der Waals surface area contributed by atoms with E-state index in [1.165, 1.54) is 5.56 Å². The minimum atomic E-state index is -1.26. The van der Waals surface area contributed by atoms with Crippen molar-refractivity contribution < 1.29 is 44.3 Å². The number of carboxylic acid groups (broad SMARTS) is 4. The van der Waals surface area contributed by atoms with E-state index in [-0.39, 0.29) is 0 Å². The summed E-state index contributed by atoms with van der Waals surface area (Å²) in [6.07, 6.45) is 2.23. The molecule has 0 amide bonds. The molecule has 0 bridgehead atoms. The van der Waals surface area contributed by atoms with Crippen molar-refractivity contribution in [2.75, 3.05) is 32.8 Å². The maximum atomic E-state index is 9.55. The Labute approximate surface area is 214 Å². The zero-order valence-corrected chi connectivity index (χ0v) is 21.2. The van der Waals surface area contributed by atoms with Gasteiger partial charge < -0.3 is 25.2 Å². The number of hydrogen-bond acceptors (Lipinski definition) is 7. The highest BCUT2D eigenvalue weighted by Gasteiger charge is 2.19. The number of ether oxygens (including phenoxy) is 1. The second kappa shape index (κ2) is 17.9. The molecule has 0 aliphatic carbocycles. The molecule has 4 N–H and O–H groups in total. The molecule has 200 valence electrons. The maximum absolute atomic E-state index is 9.55. The Morgan fingerprint density at radius 1 is 0.889 bits per heavy atom. The maximum Gasteiger partial charge on any atom is 0.328 e. The fourth-order valence-electron chi connectivity index (χ4n) is 2.93. The number of carboxylic acids is 4. The molecule has 1 aliphatic heterocycles. The third-order valence-electron chi connectivity index (χ3n) is 4.59. The van der Waals surface area contributed by atoms with Crippen LogP contribution in [0.5, 0.6) is 5.75 Å². The van der Waals surface area contributed by atoms with Crippen molar-refractivity contribution in [2.45, 2.75) is 33.4 Å². The van der Waals surface area contributed by atoms with Crippen LogP contribution in [0.25, 0.3) is 0 Å². The first kappa shape index (κ1) is 32.6. The molecule has 1 aromatic rings. The molecule has 1 aromatic carbocycles. The van der Waals surface area contributed by atoms with Gasteiger partial charge >= 0.3 is 23.9 Å². The van der Waals surface area contributed by atoms with Crippen LogP contribution in [0, 0.1) is 0 Å². The topological polar surface area (TPSA) is 165 Å². The summed E-state index contributed by atoms with van der Waals surface area (Å²) in [4.78, 5) is 43.2. The molecule has 0 saturated carbocycles. The highest BCUT2D eigenvalue weighted by atomic mass is 35.5. The monoisotopic (exact) mass is 528 g/mol. The molecular formula is C24H33ClN2O9. The van der Waals surface area contributed by atoms with E-state index in [4.69, 9.17) is 36.8 Å². The molecule has 1 saturated heterocycles. The number of hydrogen-bond donors (Lipinski definition) is 4. The van der Waals surface area contributed by atoms with Crippen LogP contribution < -0.4 is 4.74 Å². The zero-order valence-electron chi connectivity index (χ0n) is 20.5. The Hall–Kier alpha value is -3.41. The summed E-state index contributed by atoms with van der Waals surface area (Å²) in [5, 5.41) is 32.0. The molecule has 2 rings (SSSR count). The van der Waals surface area contributed by atoms with E-state index < -0.39 is 23.9 Å². The molecule has 0 spiro atoms. The first-order chi connectivity index (χ1) is 16.8. The molecule has 36 heavy (non-hydrogen) atoms. The normalized spacial score (nSPS) is 14.0. The smallest absolute Gasteiger partial charge is 0.328 e. The van der Waals surface area contributed by atoms with Gasteiger partial charge in [-0.05, 0) is 39.0 Å². The lowest BCUT2D eigenvalue weighted by Crippen LogP contribution is -2.48. The number of rotatable bonds is 9. The van der Waals surface area contributed by atoms with Crippen LogP contribution in [-0.4, -0.2) is 92.9 Å². The van der Waals surface area contributed by atoms with Crippen LogP contribution >= 0.6 is 11.6 Å². The highest BCUT2D eigenvalue weighted by molar-refractivity contribution is 6.30. The van der Waals surface area contributed by atoms with Crippen molar-refractivity contribution in [1.82, 2.24) is 9.80 Å². The number of benzene rings is 1. The molecule has 12 heteroatoms.